The van der Waals surface area contributed by atoms with Crippen LogP contribution < -0.4 is 14.8 Å². The minimum Gasteiger partial charge on any atom is -0.492 e. The fraction of sp³-hybridized carbons (Fsp3) is 0.435. The molecule has 146 valence electrons. The second-order valence-electron chi connectivity index (χ2n) is 6.99. The summed E-state index contributed by atoms with van der Waals surface area (Å²) in [5.74, 6) is 1.78. The summed E-state index contributed by atoms with van der Waals surface area (Å²) in [5.41, 5.74) is 2.41. The first-order valence-corrected chi connectivity index (χ1v) is 9.76. The molecule has 0 fully saturated rings. The van der Waals surface area contributed by atoms with Crippen LogP contribution in [0.2, 0.25) is 0 Å². The molecule has 2 rings (SSSR count). The average molecular weight is 370 g/mol. The van der Waals surface area contributed by atoms with Gasteiger partial charge in [-0.1, -0.05) is 57.5 Å². The Morgan fingerprint density at radius 2 is 1.74 bits per heavy atom. The third kappa shape index (κ3) is 6.63. The van der Waals surface area contributed by atoms with Crippen LogP contribution in [-0.4, -0.2) is 25.2 Å². The molecule has 0 aliphatic heterocycles. The Kier molecular flexibility index (Phi) is 8.18. The van der Waals surface area contributed by atoms with Crippen molar-refractivity contribution in [2.75, 3.05) is 13.2 Å². The van der Waals surface area contributed by atoms with E-state index in [1.54, 1.807) is 6.92 Å². The summed E-state index contributed by atoms with van der Waals surface area (Å²) in [5, 5.41) is 2.86. The highest BCUT2D eigenvalue weighted by Crippen LogP contribution is 2.26. The van der Waals surface area contributed by atoms with Crippen molar-refractivity contribution in [3.05, 3.63) is 59.7 Å². The molecule has 0 radical (unpaired) electrons. The minimum absolute atomic E-state index is 0.143. The molecule has 0 bridgehead atoms. The van der Waals surface area contributed by atoms with Gasteiger partial charge in [0, 0.05) is 0 Å². The molecule has 0 spiro atoms. The van der Waals surface area contributed by atoms with E-state index in [1.807, 2.05) is 36.4 Å². The number of benzene rings is 2. The van der Waals surface area contributed by atoms with Crippen LogP contribution in [0.4, 0.5) is 0 Å². The molecule has 0 unspecified atom stereocenters. The topological polar surface area (TPSA) is 47.6 Å². The molecule has 4 heteroatoms. The van der Waals surface area contributed by atoms with Crippen molar-refractivity contribution < 1.29 is 14.3 Å². The molecule has 0 saturated heterocycles. The van der Waals surface area contributed by atoms with Gasteiger partial charge in [0.15, 0.2) is 6.10 Å². The lowest BCUT2D eigenvalue weighted by molar-refractivity contribution is -0.127. The predicted octanol–water partition coefficient (Wildman–Crippen LogP) is 4.73. The van der Waals surface area contributed by atoms with Crippen LogP contribution in [0.25, 0.3) is 0 Å². The van der Waals surface area contributed by atoms with Gasteiger partial charge >= 0.3 is 0 Å². The van der Waals surface area contributed by atoms with E-state index in [1.165, 1.54) is 5.56 Å². The van der Waals surface area contributed by atoms with E-state index in [9.17, 15) is 4.79 Å². The molecule has 1 amide bonds. The van der Waals surface area contributed by atoms with Crippen molar-refractivity contribution in [3.8, 4) is 11.5 Å². The largest absolute Gasteiger partial charge is 0.492 e. The van der Waals surface area contributed by atoms with Gasteiger partial charge in [-0.15, -0.1) is 0 Å². The van der Waals surface area contributed by atoms with Crippen LogP contribution in [0.3, 0.4) is 0 Å². The molecule has 0 heterocycles. The maximum absolute atomic E-state index is 12.3. The van der Waals surface area contributed by atoms with Gasteiger partial charge in [0.2, 0.25) is 0 Å². The Balaban J connectivity index is 1.75. The van der Waals surface area contributed by atoms with Crippen LogP contribution >= 0.6 is 0 Å². The van der Waals surface area contributed by atoms with Crippen molar-refractivity contribution >= 4 is 5.91 Å². The Hall–Kier alpha value is -2.49. The van der Waals surface area contributed by atoms with Crippen molar-refractivity contribution in [3.63, 3.8) is 0 Å². The maximum atomic E-state index is 12.3. The van der Waals surface area contributed by atoms with E-state index in [-0.39, 0.29) is 5.91 Å². The summed E-state index contributed by atoms with van der Waals surface area (Å²) in [6, 6.07) is 16.0. The van der Waals surface area contributed by atoms with Gasteiger partial charge in [-0.3, -0.25) is 4.79 Å². The van der Waals surface area contributed by atoms with Crippen LogP contribution in [0.15, 0.2) is 48.5 Å². The summed E-state index contributed by atoms with van der Waals surface area (Å²) >= 11 is 0. The van der Waals surface area contributed by atoms with E-state index in [4.69, 9.17) is 9.47 Å². The maximum Gasteiger partial charge on any atom is 0.260 e. The van der Waals surface area contributed by atoms with Gasteiger partial charge in [0.05, 0.1) is 6.54 Å². The first-order valence-electron chi connectivity index (χ1n) is 9.76. The third-order valence-corrected chi connectivity index (χ3v) is 4.35. The van der Waals surface area contributed by atoms with E-state index >= 15 is 0 Å². The van der Waals surface area contributed by atoms with Crippen molar-refractivity contribution in [2.24, 2.45) is 0 Å². The highest BCUT2D eigenvalue weighted by Gasteiger charge is 2.16. The standard InChI is InChI=1S/C23H31NO3/c1-5-8-19-11-13-20(14-12-19)26-16-15-24-23(25)18(4)27-22-10-7-6-9-21(22)17(2)3/h6-7,9-14,17-18H,5,8,15-16H2,1-4H3,(H,24,25)/t18-/m0/s1. The number of para-hydroxylation sites is 1. The lowest BCUT2D eigenvalue weighted by Gasteiger charge is -2.18. The smallest absolute Gasteiger partial charge is 0.260 e. The first-order chi connectivity index (χ1) is 13.0. The fourth-order valence-corrected chi connectivity index (χ4v) is 2.84. The quantitative estimate of drug-likeness (QED) is 0.616. The van der Waals surface area contributed by atoms with E-state index < -0.39 is 6.10 Å². The second-order valence-corrected chi connectivity index (χ2v) is 6.99. The Morgan fingerprint density at radius 3 is 2.41 bits per heavy atom. The zero-order chi connectivity index (χ0) is 19.6. The van der Waals surface area contributed by atoms with Gasteiger partial charge < -0.3 is 14.8 Å². The number of aryl methyl sites for hydroxylation is 1. The van der Waals surface area contributed by atoms with Crippen molar-refractivity contribution in [1.29, 1.82) is 0 Å². The number of amides is 1. The van der Waals surface area contributed by atoms with Gasteiger partial charge in [0.1, 0.15) is 18.1 Å². The molecule has 0 aliphatic rings. The predicted molar refractivity (Wildman–Crippen MR) is 110 cm³/mol. The lowest BCUT2D eigenvalue weighted by atomic mass is 10.0. The molecule has 1 N–H and O–H groups in total. The zero-order valence-corrected chi connectivity index (χ0v) is 16.8. The number of carbonyl (C=O) groups is 1. The van der Waals surface area contributed by atoms with E-state index in [2.05, 4.69) is 38.2 Å². The molecule has 2 aromatic rings. The average Bonchev–Trinajstić information content (AvgIpc) is 2.66. The second kappa shape index (κ2) is 10.6. The molecule has 27 heavy (non-hydrogen) atoms. The number of hydrogen-bond acceptors (Lipinski definition) is 3. The van der Waals surface area contributed by atoms with Gasteiger partial charge in [0.25, 0.3) is 5.91 Å². The summed E-state index contributed by atoms with van der Waals surface area (Å²) in [6.45, 7) is 9.01. The van der Waals surface area contributed by atoms with Gasteiger partial charge in [-0.05, 0) is 48.6 Å². The molecular formula is C23H31NO3. The molecular weight excluding hydrogens is 338 g/mol. The summed E-state index contributed by atoms with van der Waals surface area (Å²) < 4.78 is 11.5. The fourth-order valence-electron chi connectivity index (χ4n) is 2.84. The van der Waals surface area contributed by atoms with Crippen LogP contribution in [0.5, 0.6) is 11.5 Å². The molecule has 1 atom stereocenters. The summed E-state index contributed by atoms with van der Waals surface area (Å²) in [6.07, 6.45) is 1.65. The minimum atomic E-state index is -0.557. The number of rotatable bonds is 10. The van der Waals surface area contributed by atoms with Gasteiger partial charge in [-0.2, -0.15) is 0 Å². The Morgan fingerprint density at radius 1 is 1.04 bits per heavy atom. The number of ether oxygens (including phenoxy) is 2. The van der Waals surface area contributed by atoms with Crippen LogP contribution in [0, 0.1) is 0 Å². The molecule has 0 aliphatic carbocycles. The van der Waals surface area contributed by atoms with E-state index in [0.29, 0.717) is 19.1 Å². The summed E-state index contributed by atoms with van der Waals surface area (Å²) in [7, 11) is 0. The number of hydrogen-bond donors (Lipinski definition) is 1. The number of nitrogens with one attached hydrogen (secondary N) is 1. The SMILES string of the molecule is CCCc1ccc(OCCNC(=O)[C@H](C)Oc2ccccc2C(C)C)cc1. The first kappa shape index (κ1) is 20.8. The molecule has 0 saturated carbocycles. The van der Waals surface area contributed by atoms with Crippen LogP contribution in [0.1, 0.15) is 51.2 Å². The monoisotopic (exact) mass is 369 g/mol. The zero-order valence-electron chi connectivity index (χ0n) is 16.8. The highest BCUT2D eigenvalue weighted by molar-refractivity contribution is 5.80. The Bertz CT molecular complexity index is 710. The molecule has 4 nitrogen and oxygen atoms in total. The number of carbonyl (C=O) groups excluding carboxylic acids is 1. The highest BCUT2D eigenvalue weighted by atomic mass is 16.5. The van der Waals surface area contributed by atoms with Crippen LogP contribution in [-0.2, 0) is 11.2 Å². The lowest BCUT2D eigenvalue weighted by Crippen LogP contribution is -2.38. The van der Waals surface area contributed by atoms with E-state index in [0.717, 1.165) is 29.9 Å². The normalized spacial score (nSPS) is 11.9. The molecule has 2 aromatic carbocycles. The van der Waals surface area contributed by atoms with Crippen molar-refractivity contribution in [1.82, 2.24) is 5.32 Å². The Labute approximate surface area is 162 Å². The third-order valence-electron chi connectivity index (χ3n) is 4.35. The summed E-state index contributed by atoms with van der Waals surface area (Å²) in [4.78, 5) is 12.3. The molecule has 0 aromatic heterocycles. The van der Waals surface area contributed by atoms with Gasteiger partial charge in [-0.25, -0.2) is 0 Å². The van der Waals surface area contributed by atoms with Crippen molar-refractivity contribution in [2.45, 2.75) is 52.6 Å².